The number of benzene rings is 6. The van der Waals surface area contributed by atoms with Gasteiger partial charge in [0.1, 0.15) is 5.58 Å². The van der Waals surface area contributed by atoms with Gasteiger partial charge in [0.15, 0.2) is 5.58 Å². The van der Waals surface area contributed by atoms with Crippen molar-refractivity contribution in [2.24, 2.45) is 0 Å². The summed E-state index contributed by atoms with van der Waals surface area (Å²) in [5, 5.41) is 4.85. The summed E-state index contributed by atoms with van der Waals surface area (Å²) in [4.78, 5) is 3.82. The van der Waals surface area contributed by atoms with Crippen LogP contribution >= 0.6 is 10.0 Å². The molecule has 0 radical (unpaired) electrons. The molecule has 49 heavy (non-hydrogen) atoms. The van der Waals surface area contributed by atoms with E-state index in [9.17, 15) is 0 Å². The third-order valence-electron chi connectivity index (χ3n) is 10.4. The van der Waals surface area contributed by atoms with E-state index in [0.717, 1.165) is 28.7 Å². The maximum Gasteiger partial charge on any atom is 0.159 e. The standard InChI is InChI=1S/C45H36N2OS/c1-49(2,3)43-22-12-18-35-34-17-11-21-42(44(34)48-45(35)43)47-39-20-10-8-16-33(39)37-28-30(24-26-41(37)47)29-23-25-40-36(27-29)32-15-7-9-19-38(32)46(40)31-13-5-4-6-14-31/h4-24,26-28,40H,25H2,1-3H3. The number of fused-ring (bicyclic) bond motifs is 9. The van der Waals surface area contributed by atoms with Crippen molar-refractivity contribution >= 4 is 76.3 Å². The van der Waals surface area contributed by atoms with Gasteiger partial charge in [-0.3, -0.25) is 0 Å². The van der Waals surface area contributed by atoms with Crippen LogP contribution in [0.4, 0.5) is 11.4 Å². The summed E-state index contributed by atoms with van der Waals surface area (Å²) in [6, 6.07) is 48.9. The number of hydrogen-bond donors (Lipinski definition) is 0. The highest BCUT2D eigenvalue weighted by atomic mass is 32.3. The van der Waals surface area contributed by atoms with E-state index in [1.54, 1.807) is 0 Å². The molecule has 4 heteroatoms. The van der Waals surface area contributed by atoms with E-state index in [2.05, 4.69) is 174 Å². The maximum absolute atomic E-state index is 6.87. The van der Waals surface area contributed by atoms with Crippen LogP contribution in [0.5, 0.6) is 0 Å². The van der Waals surface area contributed by atoms with Crippen molar-refractivity contribution in [1.82, 2.24) is 4.57 Å². The molecule has 0 bridgehead atoms. The lowest BCUT2D eigenvalue weighted by atomic mass is 9.89. The Labute approximate surface area is 287 Å². The summed E-state index contributed by atoms with van der Waals surface area (Å²) < 4.78 is 9.27. The highest BCUT2D eigenvalue weighted by Gasteiger charge is 2.35. The summed E-state index contributed by atoms with van der Waals surface area (Å²) in [6.07, 6.45) is 12.8. The zero-order valence-corrected chi connectivity index (χ0v) is 28.7. The summed E-state index contributed by atoms with van der Waals surface area (Å²) in [6.45, 7) is 0. The highest BCUT2D eigenvalue weighted by Crippen LogP contribution is 2.51. The van der Waals surface area contributed by atoms with Gasteiger partial charge >= 0.3 is 0 Å². The summed E-state index contributed by atoms with van der Waals surface area (Å²) in [5.41, 5.74) is 13.2. The molecule has 238 valence electrons. The first kappa shape index (κ1) is 28.6. The molecule has 0 spiro atoms. The lowest BCUT2D eigenvalue weighted by Gasteiger charge is -2.29. The second-order valence-corrected chi connectivity index (χ2v) is 18.2. The molecule has 0 saturated carbocycles. The van der Waals surface area contributed by atoms with Gasteiger partial charge in [-0.2, -0.15) is 0 Å². The average molecular weight is 653 g/mol. The molecule has 1 aliphatic carbocycles. The van der Waals surface area contributed by atoms with Gasteiger partial charge in [0.25, 0.3) is 0 Å². The molecule has 6 aromatic carbocycles. The second kappa shape index (κ2) is 10.5. The van der Waals surface area contributed by atoms with Crippen LogP contribution in [-0.2, 0) is 0 Å². The van der Waals surface area contributed by atoms with Crippen LogP contribution in [0.1, 0.15) is 17.5 Å². The van der Waals surface area contributed by atoms with Crippen LogP contribution in [-0.4, -0.2) is 29.4 Å². The molecule has 0 saturated heterocycles. The highest BCUT2D eigenvalue weighted by molar-refractivity contribution is 8.32. The van der Waals surface area contributed by atoms with Crippen molar-refractivity contribution in [2.75, 3.05) is 23.7 Å². The Bertz CT molecular complexity index is 2690. The Hall–Kier alpha value is -5.45. The van der Waals surface area contributed by atoms with E-state index < -0.39 is 10.0 Å². The number of allylic oxidation sites excluding steroid dienone is 2. The number of para-hydroxylation sites is 5. The largest absolute Gasteiger partial charge is 0.453 e. The Morgan fingerprint density at radius 1 is 0.612 bits per heavy atom. The van der Waals surface area contributed by atoms with Gasteiger partial charge in [-0.25, -0.2) is 10.0 Å². The molecule has 2 aliphatic rings. The van der Waals surface area contributed by atoms with E-state index in [0.29, 0.717) is 6.04 Å². The van der Waals surface area contributed by atoms with Gasteiger partial charge in [0.2, 0.25) is 0 Å². The van der Waals surface area contributed by atoms with Gasteiger partial charge in [0, 0.05) is 43.4 Å². The Morgan fingerprint density at radius 2 is 1.31 bits per heavy atom. The number of rotatable bonds is 4. The molecule has 1 atom stereocenters. The molecule has 1 aliphatic heterocycles. The first-order valence-electron chi connectivity index (χ1n) is 17.0. The minimum Gasteiger partial charge on any atom is -0.453 e. The smallest absolute Gasteiger partial charge is 0.159 e. The first-order chi connectivity index (χ1) is 24.0. The van der Waals surface area contributed by atoms with Crippen molar-refractivity contribution in [3.8, 4) is 5.69 Å². The fourth-order valence-electron chi connectivity index (χ4n) is 8.24. The summed E-state index contributed by atoms with van der Waals surface area (Å²) >= 11 is 0. The van der Waals surface area contributed by atoms with Crippen LogP contribution in [0.25, 0.3) is 60.6 Å². The van der Waals surface area contributed by atoms with Gasteiger partial charge in [0.05, 0.1) is 22.8 Å². The predicted molar refractivity (Wildman–Crippen MR) is 211 cm³/mol. The van der Waals surface area contributed by atoms with Gasteiger partial charge in [-0.15, -0.1) is 0 Å². The van der Waals surface area contributed by atoms with Crippen molar-refractivity contribution in [3.63, 3.8) is 0 Å². The third-order valence-corrected chi connectivity index (χ3v) is 12.1. The Balaban J connectivity index is 1.13. The van der Waals surface area contributed by atoms with Crippen LogP contribution in [0.2, 0.25) is 0 Å². The minimum absolute atomic E-state index is 0.291. The Morgan fingerprint density at radius 3 is 2.16 bits per heavy atom. The SMILES string of the molecule is CS(C)(C)c1cccc2c1oc1c(-n3c4ccccc4c4cc(C5=CCC6C(=C5)c5ccccc5N6c5ccccc5)ccc43)cccc12. The minimum atomic E-state index is -0.981. The van der Waals surface area contributed by atoms with E-state index in [1.165, 1.54) is 65.7 Å². The number of hydrogen-bond acceptors (Lipinski definition) is 2. The maximum atomic E-state index is 6.87. The quantitative estimate of drug-likeness (QED) is 0.189. The van der Waals surface area contributed by atoms with Crippen molar-refractivity contribution in [3.05, 3.63) is 157 Å². The van der Waals surface area contributed by atoms with Gasteiger partial charge in [-0.1, -0.05) is 91.0 Å². The monoisotopic (exact) mass is 652 g/mol. The molecule has 0 amide bonds. The predicted octanol–water partition coefficient (Wildman–Crippen LogP) is 12.1. The molecule has 3 heterocycles. The topological polar surface area (TPSA) is 21.3 Å². The molecular formula is C45H36N2OS. The average Bonchev–Trinajstić information content (AvgIpc) is 3.79. The molecule has 2 aromatic heterocycles. The molecule has 1 unspecified atom stereocenters. The lowest BCUT2D eigenvalue weighted by molar-refractivity contribution is 0.657. The van der Waals surface area contributed by atoms with Crippen molar-refractivity contribution < 1.29 is 4.42 Å². The normalized spacial score (nSPS) is 16.3. The first-order valence-corrected chi connectivity index (χ1v) is 19.8. The Kier molecular flexibility index (Phi) is 6.13. The fraction of sp³-hybridized carbons (Fsp3) is 0.111. The molecule has 0 N–H and O–H groups in total. The number of nitrogens with zero attached hydrogens (tertiary/aromatic N) is 2. The van der Waals surface area contributed by atoms with Crippen LogP contribution in [0.15, 0.2) is 155 Å². The van der Waals surface area contributed by atoms with E-state index in [1.807, 2.05) is 0 Å². The van der Waals surface area contributed by atoms with Crippen LogP contribution in [0.3, 0.4) is 0 Å². The summed E-state index contributed by atoms with van der Waals surface area (Å²) in [7, 11) is -0.981. The molecule has 3 nitrogen and oxygen atoms in total. The van der Waals surface area contributed by atoms with Gasteiger partial charge in [-0.05, 0) is 96.5 Å². The number of anilines is 2. The molecule has 0 fully saturated rings. The zero-order valence-electron chi connectivity index (χ0n) is 27.9. The van der Waals surface area contributed by atoms with Crippen LogP contribution < -0.4 is 4.90 Å². The fourth-order valence-corrected chi connectivity index (χ4v) is 9.44. The van der Waals surface area contributed by atoms with Crippen molar-refractivity contribution in [2.45, 2.75) is 17.4 Å². The van der Waals surface area contributed by atoms with Gasteiger partial charge < -0.3 is 13.9 Å². The van der Waals surface area contributed by atoms with Crippen LogP contribution in [0, 0.1) is 0 Å². The van der Waals surface area contributed by atoms with E-state index in [4.69, 9.17) is 4.42 Å². The van der Waals surface area contributed by atoms with Crippen molar-refractivity contribution in [1.29, 1.82) is 0 Å². The molecule has 10 rings (SSSR count). The third kappa shape index (κ3) is 4.23. The van der Waals surface area contributed by atoms with E-state index in [-0.39, 0.29) is 0 Å². The molecular weight excluding hydrogens is 617 g/mol. The number of furan rings is 1. The number of aromatic nitrogens is 1. The summed E-state index contributed by atoms with van der Waals surface area (Å²) in [5.74, 6) is 0. The second-order valence-electron chi connectivity index (χ2n) is 14.0. The lowest BCUT2D eigenvalue weighted by Crippen LogP contribution is -2.27. The molecule has 8 aromatic rings. The van der Waals surface area contributed by atoms with E-state index >= 15 is 0 Å². The zero-order chi connectivity index (χ0) is 32.9.